The Kier molecular flexibility index (Phi) is 10.8. The third-order valence-corrected chi connectivity index (χ3v) is 11.1. The van der Waals surface area contributed by atoms with E-state index in [0.29, 0.717) is 0 Å². The van der Waals surface area contributed by atoms with E-state index in [4.69, 9.17) is 0 Å². The molecule has 0 fully saturated rings. The van der Waals surface area contributed by atoms with Crippen molar-refractivity contribution in [1.82, 2.24) is 15.3 Å². The minimum absolute atomic E-state index is 0.976. The molecule has 6 aromatic rings. The molecule has 2 aliphatic heterocycles. The fourth-order valence-corrected chi connectivity index (χ4v) is 7.88. The van der Waals surface area contributed by atoms with Crippen LogP contribution in [0.5, 0.6) is 0 Å². The van der Waals surface area contributed by atoms with Gasteiger partial charge in [0.2, 0.25) is 0 Å². The smallest absolute Gasteiger partial charge is 0.0692 e. The van der Waals surface area contributed by atoms with Gasteiger partial charge in [0.05, 0.1) is 6.20 Å². The Hall–Kier alpha value is -8.83. The number of aliphatic imine (C=N–C) groups is 1. The van der Waals surface area contributed by atoms with Gasteiger partial charge in [0.25, 0.3) is 0 Å². The third kappa shape index (κ3) is 8.75. The Labute approximate surface area is 367 Å². The van der Waals surface area contributed by atoms with Crippen molar-refractivity contribution in [3.63, 3.8) is 0 Å². The van der Waals surface area contributed by atoms with Gasteiger partial charge in [-0.2, -0.15) is 0 Å². The van der Waals surface area contributed by atoms with Crippen molar-refractivity contribution < 1.29 is 0 Å². The van der Waals surface area contributed by atoms with Crippen LogP contribution in [0.25, 0.3) is 66.8 Å². The molecule has 10 rings (SSSR count). The van der Waals surface area contributed by atoms with Crippen LogP contribution in [0.3, 0.4) is 0 Å². The molecule has 0 atom stereocenters. The van der Waals surface area contributed by atoms with Gasteiger partial charge in [0.15, 0.2) is 0 Å². The Morgan fingerprint density at radius 2 is 1.03 bits per heavy atom. The van der Waals surface area contributed by atoms with Crippen LogP contribution >= 0.6 is 0 Å². The van der Waals surface area contributed by atoms with E-state index in [1.54, 1.807) is 24.8 Å². The second kappa shape index (κ2) is 17.8. The van der Waals surface area contributed by atoms with Crippen LogP contribution in [0, 0.1) is 0 Å². The second-order valence-corrected chi connectivity index (χ2v) is 15.2. The van der Waals surface area contributed by atoms with Gasteiger partial charge < -0.3 is 5.32 Å². The van der Waals surface area contributed by atoms with Gasteiger partial charge in [-0.15, -0.1) is 17.2 Å². The average Bonchev–Trinajstić information content (AvgIpc) is 3.90. The summed E-state index contributed by atoms with van der Waals surface area (Å²) >= 11 is 0. The summed E-state index contributed by atoms with van der Waals surface area (Å²) in [7, 11) is 0. The lowest BCUT2D eigenvalue weighted by Crippen LogP contribution is -1.99. The molecule has 4 heteroatoms. The van der Waals surface area contributed by atoms with E-state index in [1.807, 2.05) is 67.3 Å². The molecule has 0 amide bonds. The van der Waals surface area contributed by atoms with Crippen LogP contribution in [0.15, 0.2) is 258 Å². The number of pyridine rings is 2. The Morgan fingerprint density at radius 3 is 1.76 bits per heavy atom. The molecule has 0 spiro atoms. The summed E-state index contributed by atoms with van der Waals surface area (Å²) in [6, 6.07) is 39.3. The van der Waals surface area contributed by atoms with Gasteiger partial charge in [-0.25, -0.2) is 0 Å². The zero-order valence-electron chi connectivity index (χ0n) is 34.2. The summed E-state index contributed by atoms with van der Waals surface area (Å²) in [5, 5.41) is 3.19. The van der Waals surface area contributed by atoms with Crippen LogP contribution in [0.4, 0.5) is 0 Å². The van der Waals surface area contributed by atoms with Gasteiger partial charge >= 0.3 is 0 Å². The second-order valence-electron chi connectivity index (χ2n) is 15.2. The zero-order valence-corrected chi connectivity index (χ0v) is 34.2. The summed E-state index contributed by atoms with van der Waals surface area (Å²) in [6.45, 7) is 0. The monoisotopic (exact) mass is 802 g/mol. The third-order valence-electron chi connectivity index (χ3n) is 11.1. The lowest BCUT2D eigenvalue weighted by Gasteiger charge is -2.16. The molecule has 4 aromatic carbocycles. The highest BCUT2D eigenvalue weighted by Crippen LogP contribution is 2.38. The first kappa shape index (κ1) is 38.4. The number of aromatic nitrogens is 2. The van der Waals surface area contributed by atoms with Crippen molar-refractivity contribution in [1.29, 1.82) is 0 Å². The molecule has 4 nitrogen and oxygen atoms in total. The lowest BCUT2D eigenvalue weighted by molar-refractivity contribution is 1.16. The van der Waals surface area contributed by atoms with Crippen molar-refractivity contribution in [2.75, 3.05) is 0 Å². The summed E-state index contributed by atoms with van der Waals surface area (Å²) in [5.41, 5.74) is 32.6. The van der Waals surface area contributed by atoms with Crippen LogP contribution in [0.1, 0.15) is 22.3 Å². The highest BCUT2D eigenvalue weighted by molar-refractivity contribution is 5.91. The maximum Gasteiger partial charge on any atom is 0.0692 e. The van der Waals surface area contributed by atoms with E-state index < -0.39 is 0 Å². The van der Waals surface area contributed by atoms with E-state index in [2.05, 4.69) is 177 Å². The summed E-state index contributed by atoms with van der Waals surface area (Å²) < 4.78 is 0. The predicted octanol–water partition coefficient (Wildman–Crippen LogP) is 13.7. The fourth-order valence-electron chi connectivity index (χ4n) is 7.88. The molecule has 0 radical (unpaired) electrons. The number of hydrogen-bond acceptors (Lipinski definition) is 4. The molecule has 2 aliphatic carbocycles. The topological polar surface area (TPSA) is 50.2 Å². The molecule has 2 aromatic heterocycles. The molecule has 0 saturated heterocycles. The molecule has 63 heavy (non-hydrogen) atoms. The van der Waals surface area contributed by atoms with Gasteiger partial charge in [0, 0.05) is 71.2 Å². The zero-order chi connectivity index (χ0) is 42.2. The molecule has 0 unspecified atom stereocenters. The van der Waals surface area contributed by atoms with Crippen LogP contribution < -0.4 is 5.32 Å². The van der Waals surface area contributed by atoms with Crippen molar-refractivity contribution in [3.8, 4) is 44.5 Å². The van der Waals surface area contributed by atoms with Crippen molar-refractivity contribution in [3.05, 3.63) is 276 Å². The summed E-state index contributed by atoms with van der Waals surface area (Å²) in [4.78, 5) is 13.0. The first-order valence-electron chi connectivity index (χ1n) is 20.8. The minimum Gasteiger partial charge on any atom is -0.361 e. The number of nitrogens with zero attached hydrogens (tertiary/aromatic N) is 3. The first-order valence-corrected chi connectivity index (χ1v) is 20.8. The molecule has 0 saturated carbocycles. The number of hydrogen-bond donors (Lipinski definition) is 1. The molecule has 1 N–H and O–H groups in total. The number of rotatable bonds is 9. The molecule has 4 heterocycles. The minimum atomic E-state index is 0.976. The molecule has 0 bridgehead atoms. The molecular weight excluding hydrogens is 765 g/mol. The van der Waals surface area contributed by atoms with Crippen LogP contribution in [-0.4, -0.2) is 16.2 Å². The van der Waals surface area contributed by atoms with Gasteiger partial charge in [-0.3, -0.25) is 15.0 Å². The van der Waals surface area contributed by atoms with Gasteiger partial charge in [0.1, 0.15) is 0 Å². The molecular formula is C59H38N4. The normalized spacial score (nSPS) is 14.7. The van der Waals surface area contributed by atoms with E-state index >= 15 is 0 Å². The first-order chi connectivity index (χ1) is 31.2. The lowest BCUT2D eigenvalue weighted by atomic mass is 9.88. The molecule has 4 aliphatic rings. The van der Waals surface area contributed by atoms with E-state index in [9.17, 15) is 0 Å². The summed E-state index contributed by atoms with van der Waals surface area (Å²) in [6.07, 6.45) is 37.5. The highest BCUT2D eigenvalue weighted by Gasteiger charge is 2.15. The maximum absolute atomic E-state index is 4.41. The Bertz CT molecular complexity index is 3320. The highest BCUT2D eigenvalue weighted by atomic mass is 14.8. The van der Waals surface area contributed by atoms with E-state index in [0.717, 1.165) is 100 Å². The van der Waals surface area contributed by atoms with Crippen molar-refractivity contribution >= 4 is 28.5 Å². The van der Waals surface area contributed by atoms with Crippen molar-refractivity contribution in [2.24, 2.45) is 4.99 Å². The summed E-state index contributed by atoms with van der Waals surface area (Å²) in [5.74, 6) is 0. The standard InChI is InChI=1S/C59H38N4/c1-2-11-48(31-46(10-1)52-20-8-27-62-40-52)55-33-54(43-13-3-12-42(22-23-43)51-19-7-26-61-39-51)34-58(36-55)59-37-56(49-16-4-14-45(30-49)44-18-6-25-60-29-24-44)35-57(38-59)50-17-5-15-47(32-50)53-21-9-28-63-41-53/h2-7,9-21,23,25-41,62H. The number of nitrogens with one attached hydrogen (secondary N) is 1. The SMILES string of the molecule is C1=CNC=C(C2=CC(c3cc(C4=CC=CC(c5cccnc5)=C=C4)cc(-c4cc(-c5cccc(C6=C=CN=CC=C6)c5)cc(-c5cccc(-c6cccnc6)c5)c4)c3)=CC=C=C2)C=1. The van der Waals surface area contributed by atoms with Gasteiger partial charge in [-0.1, -0.05) is 66.4 Å². The van der Waals surface area contributed by atoms with Crippen LogP contribution in [0.2, 0.25) is 0 Å². The molecule has 294 valence electrons. The van der Waals surface area contributed by atoms with Gasteiger partial charge in [-0.05, 0) is 188 Å². The van der Waals surface area contributed by atoms with Crippen molar-refractivity contribution in [2.45, 2.75) is 0 Å². The maximum atomic E-state index is 4.41. The average molecular weight is 803 g/mol. The van der Waals surface area contributed by atoms with Crippen LogP contribution in [-0.2, 0) is 0 Å². The largest absolute Gasteiger partial charge is 0.361 e. The fraction of sp³-hybridized carbons (Fsp3) is 0. The number of benzene rings is 4. The van der Waals surface area contributed by atoms with E-state index in [-0.39, 0.29) is 0 Å². The predicted molar refractivity (Wildman–Crippen MR) is 261 cm³/mol. The Balaban J connectivity index is 1.16. The number of allylic oxidation sites excluding steroid dienone is 15. The quantitative estimate of drug-likeness (QED) is 0.148. The van der Waals surface area contributed by atoms with E-state index in [1.165, 1.54) is 0 Å². The Morgan fingerprint density at radius 1 is 0.444 bits per heavy atom.